The number of ether oxygens (including phenoxy) is 1. The molecule has 0 aliphatic rings. The van der Waals surface area contributed by atoms with Gasteiger partial charge in [0, 0.05) is 24.0 Å². The number of pyridine rings is 1. The third-order valence-electron chi connectivity index (χ3n) is 3.00. The summed E-state index contributed by atoms with van der Waals surface area (Å²) in [7, 11) is 1.67. The molecule has 0 saturated heterocycles. The fourth-order valence-electron chi connectivity index (χ4n) is 2.06. The normalized spacial score (nSPS) is 10.8. The lowest BCUT2D eigenvalue weighted by atomic mass is 10.1. The summed E-state index contributed by atoms with van der Waals surface area (Å²) < 4.78 is 7.22. The summed E-state index contributed by atoms with van der Waals surface area (Å²) in [6, 6.07) is 7.95. The SMILES string of the molecule is COc1ccc2c(-n3ccnc3C)nccc2c1. The van der Waals surface area contributed by atoms with E-state index < -0.39 is 0 Å². The third-order valence-corrected chi connectivity index (χ3v) is 3.00. The number of rotatable bonds is 2. The number of hydrogen-bond acceptors (Lipinski definition) is 3. The highest BCUT2D eigenvalue weighted by atomic mass is 16.5. The summed E-state index contributed by atoms with van der Waals surface area (Å²) >= 11 is 0. The Kier molecular flexibility index (Phi) is 2.48. The van der Waals surface area contributed by atoms with Crippen molar-refractivity contribution >= 4 is 10.8 Å². The van der Waals surface area contributed by atoms with Gasteiger partial charge < -0.3 is 4.74 Å². The maximum atomic E-state index is 5.24. The first-order valence-corrected chi connectivity index (χ1v) is 5.72. The lowest BCUT2D eigenvalue weighted by molar-refractivity contribution is 0.415. The van der Waals surface area contributed by atoms with Crippen LogP contribution in [0.15, 0.2) is 42.9 Å². The van der Waals surface area contributed by atoms with E-state index in [1.807, 2.05) is 42.0 Å². The molecule has 3 aromatic rings. The molecular weight excluding hydrogens is 226 g/mol. The van der Waals surface area contributed by atoms with Crippen LogP contribution in [0.4, 0.5) is 0 Å². The number of fused-ring (bicyclic) bond motifs is 1. The molecular formula is C14H13N3O. The molecule has 0 bridgehead atoms. The van der Waals surface area contributed by atoms with Crippen LogP contribution in [0, 0.1) is 6.92 Å². The van der Waals surface area contributed by atoms with Crippen molar-refractivity contribution in [2.24, 2.45) is 0 Å². The second kappa shape index (κ2) is 4.14. The van der Waals surface area contributed by atoms with Crippen LogP contribution in [-0.2, 0) is 0 Å². The average Bonchev–Trinajstić information content (AvgIpc) is 2.83. The number of methoxy groups -OCH3 is 1. The molecule has 0 radical (unpaired) electrons. The highest BCUT2D eigenvalue weighted by Gasteiger charge is 2.07. The summed E-state index contributed by atoms with van der Waals surface area (Å²) in [6.45, 7) is 1.96. The Morgan fingerprint density at radius 3 is 2.72 bits per heavy atom. The molecule has 0 fully saturated rings. The summed E-state index contributed by atoms with van der Waals surface area (Å²) in [5.41, 5.74) is 0. The van der Waals surface area contributed by atoms with E-state index in [9.17, 15) is 0 Å². The monoisotopic (exact) mass is 239 g/mol. The molecule has 2 heterocycles. The Balaban J connectivity index is 2.28. The number of aryl methyl sites for hydroxylation is 1. The molecule has 0 aliphatic heterocycles. The third kappa shape index (κ3) is 1.62. The van der Waals surface area contributed by atoms with Gasteiger partial charge in [0.1, 0.15) is 17.4 Å². The standard InChI is InChI=1S/C14H13N3O/c1-10-15-7-8-17(10)14-13-4-3-12(18-2)9-11(13)5-6-16-14/h3-9H,1-2H3. The van der Waals surface area contributed by atoms with Gasteiger partial charge in [-0.05, 0) is 36.6 Å². The molecule has 0 unspecified atom stereocenters. The first-order chi connectivity index (χ1) is 8.79. The Bertz CT molecular complexity index is 703. The Morgan fingerprint density at radius 2 is 2.00 bits per heavy atom. The zero-order valence-corrected chi connectivity index (χ0v) is 10.3. The van der Waals surface area contributed by atoms with Gasteiger partial charge in [-0.2, -0.15) is 0 Å². The van der Waals surface area contributed by atoms with Crippen molar-refractivity contribution in [3.63, 3.8) is 0 Å². The highest BCUT2D eigenvalue weighted by molar-refractivity contribution is 5.89. The molecule has 4 heteroatoms. The summed E-state index contributed by atoms with van der Waals surface area (Å²) in [6.07, 6.45) is 5.50. The van der Waals surface area contributed by atoms with Crippen LogP contribution < -0.4 is 4.74 Å². The molecule has 3 rings (SSSR count). The molecule has 2 aromatic heterocycles. The maximum Gasteiger partial charge on any atom is 0.145 e. The van der Waals surface area contributed by atoms with Crippen LogP contribution in [0.3, 0.4) is 0 Å². The van der Waals surface area contributed by atoms with Crippen LogP contribution in [0.2, 0.25) is 0 Å². The second-order valence-electron chi connectivity index (χ2n) is 4.07. The fraction of sp³-hybridized carbons (Fsp3) is 0.143. The van der Waals surface area contributed by atoms with E-state index in [2.05, 4.69) is 9.97 Å². The highest BCUT2D eigenvalue weighted by Crippen LogP contribution is 2.24. The molecule has 0 aliphatic carbocycles. The predicted molar refractivity (Wildman–Crippen MR) is 70.2 cm³/mol. The first kappa shape index (κ1) is 10.8. The van der Waals surface area contributed by atoms with E-state index in [0.29, 0.717) is 0 Å². The minimum Gasteiger partial charge on any atom is -0.497 e. The van der Waals surface area contributed by atoms with E-state index >= 15 is 0 Å². The van der Waals surface area contributed by atoms with Gasteiger partial charge in [0.2, 0.25) is 0 Å². The second-order valence-corrected chi connectivity index (χ2v) is 4.07. The van der Waals surface area contributed by atoms with Gasteiger partial charge in [-0.15, -0.1) is 0 Å². The fourth-order valence-corrected chi connectivity index (χ4v) is 2.06. The lowest BCUT2D eigenvalue weighted by Gasteiger charge is -2.09. The molecule has 0 N–H and O–H groups in total. The number of imidazole rings is 1. The van der Waals surface area contributed by atoms with Gasteiger partial charge in [-0.3, -0.25) is 4.57 Å². The van der Waals surface area contributed by atoms with E-state index in [4.69, 9.17) is 4.74 Å². The summed E-state index contributed by atoms with van der Waals surface area (Å²) in [5.74, 6) is 2.66. The van der Waals surface area contributed by atoms with Gasteiger partial charge in [0.15, 0.2) is 0 Å². The average molecular weight is 239 g/mol. The zero-order valence-electron chi connectivity index (χ0n) is 10.3. The number of hydrogen-bond donors (Lipinski definition) is 0. The molecule has 1 aromatic carbocycles. The van der Waals surface area contributed by atoms with Crippen molar-refractivity contribution in [2.75, 3.05) is 7.11 Å². The van der Waals surface area contributed by atoms with Crippen LogP contribution in [0.25, 0.3) is 16.6 Å². The minimum atomic E-state index is 0.849. The van der Waals surface area contributed by atoms with Gasteiger partial charge in [-0.1, -0.05) is 0 Å². The van der Waals surface area contributed by atoms with Crippen molar-refractivity contribution in [2.45, 2.75) is 6.92 Å². The molecule has 0 spiro atoms. The zero-order chi connectivity index (χ0) is 12.5. The van der Waals surface area contributed by atoms with Crippen molar-refractivity contribution in [1.29, 1.82) is 0 Å². The Labute approximate surface area is 105 Å². The number of aromatic nitrogens is 3. The van der Waals surface area contributed by atoms with E-state index in [1.54, 1.807) is 19.5 Å². The molecule has 90 valence electrons. The van der Waals surface area contributed by atoms with Crippen molar-refractivity contribution in [3.8, 4) is 11.6 Å². The van der Waals surface area contributed by atoms with Crippen molar-refractivity contribution < 1.29 is 4.74 Å². The van der Waals surface area contributed by atoms with Gasteiger partial charge in [0.05, 0.1) is 7.11 Å². The first-order valence-electron chi connectivity index (χ1n) is 5.72. The van der Waals surface area contributed by atoms with Crippen LogP contribution in [0.5, 0.6) is 5.75 Å². The van der Waals surface area contributed by atoms with Gasteiger partial charge in [0.25, 0.3) is 0 Å². The topological polar surface area (TPSA) is 39.9 Å². The van der Waals surface area contributed by atoms with Crippen LogP contribution >= 0.6 is 0 Å². The Morgan fingerprint density at radius 1 is 1.11 bits per heavy atom. The molecule has 0 atom stereocenters. The van der Waals surface area contributed by atoms with Crippen molar-refractivity contribution in [1.82, 2.24) is 14.5 Å². The molecule has 0 saturated carbocycles. The van der Waals surface area contributed by atoms with E-state index in [0.717, 1.165) is 28.2 Å². The number of benzene rings is 1. The summed E-state index contributed by atoms with van der Waals surface area (Å²) in [4.78, 5) is 8.68. The van der Waals surface area contributed by atoms with E-state index in [-0.39, 0.29) is 0 Å². The quantitative estimate of drug-likeness (QED) is 0.690. The van der Waals surface area contributed by atoms with Crippen molar-refractivity contribution in [3.05, 3.63) is 48.7 Å². The predicted octanol–water partition coefficient (Wildman–Crippen LogP) is 2.74. The molecule has 0 amide bonds. The van der Waals surface area contributed by atoms with Crippen LogP contribution in [-0.4, -0.2) is 21.6 Å². The molecule has 18 heavy (non-hydrogen) atoms. The van der Waals surface area contributed by atoms with Gasteiger partial charge >= 0.3 is 0 Å². The minimum absolute atomic E-state index is 0.849. The Hall–Kier alpha value is -2.36. The smallest absolute Gasteiger partial charge is 0.145 e. The number of nitrogens with zero attached hydrogens (tertiary/aromatic N) is 3. The van der Waals surface area contributed by atoms with Gasteiger partial charge in [-0.25, -0.2) is 9.97 Å². The largest absolute Gasteiger partial charge is 0.497 e. The van der Waals surface area contributed by atoms with E-state index in [1.165, 1.54) is 0 Å². The lowest BCUT2D eigenvalue weighted by Crippen LogP contribution is -1.99. The van der Waals surface area contributed by atoms with Crippen LogP contribution in [0.1, 0.15) is 5.82 Å². The maximum absolute atomic E-state index is 5.24. The summed E-state index contributed by atoms with van der Waals surface area (Å²) in [5, 5.41) is 2.19. The molecule has 4 nitrogen and oxygen atoms in total.